The first-order valence-electron chi connectivity index (χ1n) is 5.95. The molecule has 0 rings (SSSR count). The van der Waals surface area contributed by atoms with Gasteiger partial charge in [0, 0.05) is 14.2 Å². The van der Waals surface area contributed by atoms with Gasteiger partial charge in [0.1, 0.15) is 5.79 Å². The molecule has 2 nitrogen and oxygen atoms in total. The lowest BCUT2D eigenvalue weighted by molar-refractivity contribution is 0.222. The third kappa shape index (κ3) is 7.93. The van der Waals surface area contributed by atoms with E-state index in [0.29, 0.717) is 6.42 Å². The van der Waals surface area contributed by atoms with Gasteiger partial charge in [-0.3, -0.25) is 0 Å². The molecule has 0 fully saturated rings. The van der Waals surface area contributed by atoms with Gasteiger partial charge in [0.25, 0.3) is 0 Å². The lowest BCUT2D eigenvalue weighted by Gasteiger charge is -2.15. The molecule has 0 saturated heterocycles. The second kappa shape index (κ2) is 10.6. The van der Waals surface area contributed by atoms with Crippen molar-refractivity contribution in [3.8, 4) is 0 Å². The van der Waals surface area contributed by atoms with Gasteiger partial charge in [-0.05, 0) is 6.42 Å². The highest BCUT2D eigenvalue weighted by molar-refractivity contribution is 6.45. The molecule has 1 atom stereocenters. The van der Waals surface area contributed by atoms with E-state index in [1.165, 1.54) is 39.9 Å². The highest BCUT2D eigenvalue weighted by Crippen LogP contribution is 2.12. The quantitative estimate of drug-likeness (QED) is 0.428. The van der Waals surface area contributed by atoms with E-state index in [1.807, 2.05) is 0 Å². The second-order valence-electron chi connectivity index (χ2n) is 3.91. The summed E-state index contributed by atoms with van der Waals surface area (Å²) < 4.78 is 23.5. The molecule has 0 aliphatic carbocycles. The lowest BCUT2D eigenvalue weighted by Crippen LogP contribution is -2.32. The van der Waals surface area contributed by atoms with Crippen molar-refractivity contribution in [2.75, 3.05) is 14.2 Å². The van der Waals surface area contributed by atoms with Crippen molar-refractivity contribution >= 4 is 9.28 Å². The zero-order valence-electron chi connectivity index (χ0n) is 10.3. The third-order valence-electron chi connectivity index (χ3n) is 2.59. The van der Waals surface area contributed by atoms with E-state index in [4.69, 9.17) is 8.85 Å². The summed E-state index contributed by atoms with van der Waals surface area (Å²) in [7, 11) is 1.05. The number of unbranched alkanes of at least 4 members (excludes halogenated alkanes) is 5. The van der Waals surface area contributed by atoms with Crippen LogP contribution in [0.15, 0.2) is 0 Å². The molecule has 0 aliphatic heterocycles. The molecule has 0 spiro atoms. The average Bonchev–Trinajstić information content (AvgIpc) is 2.25. The molecular weight excluding hydrogens is 211 g/mol. The van der Waals surface area contributed by atoms with Crippen LogP contribution in [0, 0.1) is 0 Å². The van der Waals surface area contributed by atoms with E-state index in [9.17, 15) is 4.39 Å². The van der Waals surface area contributed by atoms with E-state index in [2.05, 4.69) is 6.92 Å². The van der Waals surface area contributed by atoms with Crippen LogP contribution in [0.25, 0.3) is 0 Å². The summed E-state index contributed by atoms with van der Waals surface area (Å²) >= 11 is 0. The molecule has 0 aromatic rings. The average molecular weight is 236 g/mol. The van der Waals surface area contributed by atoms with Crippen LogP contribution in [0.2, 0.25) is 0 Å². The van der Waals surface area contributed by atoms with Gasteiger partial charge in [-0.1, -0.05) is 45.4 Å². The van der Waals surface area contributed by atoms with E-state index in [0.717, 1.165) is 12.8 Å². The Morgan fingerprint density at radius 2 is 1.53 bits per heavy atom. The Morgan fingerprint density at radius 3 is 2.07 bits per heavy atom. The summed E-state index contributed by atoms with van der Waals surface area (Å²) in [5.74, 6) is -0.855. The Labute approximate surface area is 95.0 Å². The molecule has 0 heterocycles. The molecule has 1 unspecified atom stereocenters. The molecule has 0 N–H and O–H groups in total. The van der Waals surface area contributed by atoms with Gasteiger partial charge in [-0.2, -0.15) is 0 Å². The first kappa shape index (κ1) is 15.1. The predicted octanol–water partition coefficient (Wildman–Crippen LogP) is 3.13. The van der Waals surface area contributed by atoms with Gasteiger partial charge < -0.3 is 8.85 Å². The van der Waals surface area contributed by atoms with E-state index < -0.39 is 15.1 Å². The van der Waals surface area contributed by atoms with Crippen molar-refractivity contribution in [1.82, 2.24) is 0 Å². The summed E-state index contributed by atoms with van der Waals surface area (Å²) in [5, 5.41) is 0. The fourth-order valence-electron chi connectivity index (χ4n) is 1.65. The summed E-state index contributed by atoms with van der Waals surface area (Å²) in [4.78, 5) is 0. The topological polar surface area (TPSA) is 18.5 Å². The van der Waals surface area contributed by atoms with Crippen LogP contribution in [-0.2, 0) is 8.85 Å². The van der Waals surface area contributed by atoms with Crippen LogP contribution in [0.3, 0.4) is 0 Å². The Kier molecular flexibility index (Phi) is 10.6. The minimum absolute atomic E-state index is 0.602. The van der Waals surface area contributed by atoms with Crippen LogP contribution in [0.4, 0.5) is 4.39 Å². The fraction of sp³-hybridized carbons (Fsp3) is 1.00. The SMILES string of the molecule is CCCCCCCCC(F)[SiH](OC)OC. The Hall–Kier alpha value is 0.0669. The molecular formula is C11H25FO2Si. The Bertz CT molecular complexity index is 132. The first-order chi connectivity index (χ1) is 7.26. The van der Waals surface area contributed by atoms with Crippen molar-refractivity contribution in [3.05, 3.63) is 0 Å². The largest absolute Gasteiger partial charge is 0.398 e. The highest BCUT2D eigenvalue weighted by Gasteiger charge is 2.23. The van der Waals surface area contributed by atoms with Crippen LogP contribution < -0.4 is 0 Å². The van der Waals surface area contributed by atoms with E-state index in [1.54, 1.807) is 0 Å². The molecule has 0 aliphatic rings. The monoisotopic (exact) mass is 236 g/mol. The summed E-state index contributed by atoms with van der Waals surface area (Å²) in [6.07, 6.45) is 7.76. The summed E-state index contributed by atoms with van der Waals surface area (Å²) in [6.45, 7) is 2.20. The van der Waals surface area contributed by atoms with Gasteiger partial charge in [-0.15, -0.1) is 0 Å². The van der Waals surface area contributed by atoms with E-state index in [-0.39, 0.29) is 0 Å². The Balaban J connectivity index is 3.33. The van der Waals surface area contributed by atoms with Crippen molar-refractivity contribution in [2.45, 2.75) is 57.7 Å². The number of alkyl halides is 1. The summed E-state index contributed by atoms with van der Waals surface area (Å²) in [5.41, 5.74) is 0. The van der Waals surface area contributed by atoms with E-state index >= 15 is 0 Å². The predicted molar refractivity (Wildman–Crippen MR) is 64.1 cm³/mol. The zero-order chi connectivity index (χ0) is 11.5. The minimum atomic E-state index is -2.02. The zero-order valence-corrected chi connectivity index (χ0v) is 11.5. The van der Waals surface area contributed by atoms with Gasteiger partial charge in [0.2, 0.25) is 0 Å². The maximum atomic E-state index is 13.5. The second-order valence-corrected chi connectivity index (χ2v) is 6.32. The normalized spacial score (nSPS) is 13.4. The highest BCUT2D eigenvalue weighted by atomic mass is 28.3. The molecule has 0 radical (unpaired) electrons. The molecule has 92 valence electrons. The third-order valence-corrected chi connectivity index (χ3v) is 4.45. The van der Waals surface area contributed by atoms with Crippen LogP contribution in [0.1, 0.15) is 51.9 Å². The Morgan fingerprint density at radius 1 is 1.00 bits per heavy atom. The molecule has 4 heteroatoms. The molecule has 0 saturated carbocycles. The number of hydrogen-bond acceptors (Lipinski definition) is 2. The van der Waals surface area contributed by atoms with Crippen LogP contribution >= 0.6 is 0 Å². The van der Waals surface area contributed by atoms with Gasteiger partial charge in [0.05, 0.1) is 0 Å². The van der Waals surface area contributed by atoms with Crippen molar-refractivity contribution in [2.24, 2.45) is 0 Å². The maximum absolute atomic E-state index is 13.5. The fourth-order valence-corrected chi connectivity index (χ4v) is 2.94. The maximum Gasteiger partial charge on any atom is 0.356 e. The number of halogens is 1. The number of rotatable bonds is 10. The van der Waals surface area contributed by atoms with Crippen molar-refractivity contribution < 1.29 is 13.2 Å². The van der Waals surface area contributed by atoms with Crippen molar-refractivity contribution in [3.63, 3.8) is 0 Å². The molecule has 0 aromatic carbocycles. The van der Waals surface area contributed by atoms with Crippen molar-refractivity contribution in [1.29, 1.82) is 0 Å². The molecule has 0 aromatic heterocycles. The smallest absolute Gasteiger partial charge is 0.356 e. The molecule has 15 heavy (non-hydrogen) atoms. The van der Waals surface area contributed by atoms with Gasteiger partial charge in [-0.25, -0.2) is 4.39 Å². The summed E-state index contributed by atoms with van der Waals surface area (Å²) in [6, 6.07) is 0. The minimum Gasteiger partial charge on any atom is -0.398 e. The standard InChI is InChI=1S/C11H25FO2Si/c1-4-5-6-7-8-9-10-11(12)15(13-2)14-3/h11,15H,4-10H2,1-3H3. The van der Waals surface area contributed by atoms with Crippen LogP contribution in [0.5, 0.6) is 0 Å². The number of hydrogen-bond donors (Lipinski definition) is 0. The first-order valence-corrected chi connectivity index (χ1v) is 7.56. The molecule has 0 amide bonds. The lowest BCUT2D eigenvalue weighted by atomic mass is 10.1. The van der Waals surface area contributed by atoms with Gasteiger partial charge >= 0.3 is 9.28 Å². The molecule has 0 bridgehead atoms. The van der Waals surface area contributed by atoms with Gasteiger partial charge in [0.15, 0.2) is 0 Å². The van der Waals surface area contributed by atoms with Crippen LogP contribution in [-0.4, -0.2) is 29.3 Å².